The lowest BCUT2D eigenvalue weighted by atomic mass is 9.97. The molecule has 1 aliphatic rings. The Bertz CT molecular complexity index is 851. The monoisotopic (exact) mass is 319 g/mol. The number of carbonyl (C=O) groups excluding carboxylic acids is 1. The highest BCUT2D eigenvalue weighted by Crippen LogP contribution is 2.25. The normalized spacial score (nSPS) is 18.3. The third kappa shape index (κ3) is 2.49. The molecule has 0 bridgehead atoms. The predicted octanol–water partition coefficient (Wildman–Crippen LogP) is 0.772. The Kier molecular flexibility index (Phi) is 3.67. The van der Waals surface area contributed by atoms with Crippen molar-refractivity contribution in [3.8, 4) is 0 Å². The number of likely N-dealkylation sites (tertiary alicyclic amines) is 1. The van der Waals surface area contributed by atoms with Gasteiger partial charge in [-0.1, -0.05) is 0 Å². The van der Waals surface area contributed by atoms with Crippen LogP contribution < -0.4 is 5.56 Å². The summed E-state index contributed by atoms with van der Waals surface area (Å²) in [4.78, 5) is 41.8. The minimum absolute atomic E-state index is 0.126. The molecule has 1 N–H and O–H groups in total. The molecule has 0 spiro atoms. The lowest BCUT2D eigenvalue weighted by Gasteiger charge is -2.30. The molecule has 8 heteroatoms. The van der Waals surface area contributed by atoms with E-state index in [1.54, 1.807) is 14.0 Å². The van der Waals surface area contributed by atoms with Crippen molar-refractivity contribution in [3.63, 3.8) is 0 Å². The number of furan rings is 1. The Morgan fingerprint density at radius 1 is 1.43 bits per heavy atom. The highest BCUT2D eigenvalue weighted by atomic mass is 16.4. The van der Waals surface area contributed by atoms with Gasteiger partial charge in [-0.3, -0.25) is 14.4 Å². The number of fused-ring (bicyclic) bond motifs is 1. The first-order valence-electron chi connectivity index (χ1n) is 7.37. The largest absolute Gasteiger partial charge is 0.481 e. The molecular weight excluding hydrogens is 302 g/mol. The summed E-state index contributed by atoms with van der Waals surface area (Å²) in [6, 6.07) is 0. The zero-order valence-corrected chi connectivity index (χ0v) is 12.9. The van der Waals surface area contributed by atoms with E-state index >= 15 is 0 Å². The van der Waals surface area contributed by atoms with Gasteiger partial charge in [-0.05, 0) is 19.8 Å². The second-order valence-corrected chi connectivity index (χ2v) is 5.80. The Morgan fingerprint density at radius 2 is 2.17 bits per heavy atom. The van der Waals surface area contributed by atoms with Crippen molar-refractivity contribution in [2.75, 3.05) is 13.1 Å². The van der Waals surface area contributed by atoms with Crippen LogP contribution in [0.3, 0.4) is 0 Å². The van der Waals surface area contributed by atoms with Gasteiger partial charge in [0.2, 0.25) is 5.71 Å². The van der Waals surface area contributed by atoms with Gasteiger partial charge in [0.25, 0.3) is 11.5 Å². The van der Waals surface area contributed by atoms with Crippen molar-refractivity contribution >= 4 is 23.0 Å². The quantitative estimate of drug-likeness (QED) is 0.876. The van der Waals surface area contributed by atoms with Crippen LogP contribution in [0.5, 0.6) is 0 Å². The van der Waals surface area contributed by atoms with Crippen molar-refractivity contribution in [1.29, 1.82) is 0 Å². The molecule has 1 amide bonds. The number of piperidine rings is 1. The van der Waals surface area contributed by atoms with Crippen LogP contribution in [0.25, 0.3) is 11.1 Å². The van der Waals surface area contributed by atoms with Crippen LogP contribution in [0.2, 0.25) is 0 Å². The third-order valence-electron chi connectivity index (χ3n) is 4.22. The molecule has 0 unspecified atom stereocenters. The standard InChI is InChI=1S/C15H17N3O5/c1-8-10(11-12(23-8)16-7-17(2)13(11)19)14(20)18-5-3-4-9(6-18)15(21)22/h7,9H,3-6H2,1-2H3,(H,21,22)/t9-/m0/s1. The minimum atomic E-state index is -0.908. The number of hydrogen-bond donors (Lipinski definition) is 1. The maximum atomic E-state index is 12.8. The Balaban J connectivity index is 2.04. The molecule has 23 heavy (non-hydrogen) atoms. The molecule has 0 aromatic carbocycles. The van der Waals surface area contributed by atoms with Gasteiger partial charge >= 0.3 is 5.97 Å². The van der Waals surface area contributed by atoms with Crippen molar-refractivity contribution in [1.82, 2.24) is 14.5 Å². The van der Waals surface area contributed by atoms with E-state index in [0.717, 1.165) is 0 Å². The second kappa shape index (κ2) is 5.53. The topological polar surface area (TPSA) is 106 Å². The van der Waals surface area contributed by atoms with Gasteiger partial charge in [-0.2, -0.15) is 0 Å². The molecule has 0 radical (unpaired) electrons. The van der Waals surface area contributed by atoms with Crippen molar-refractivity contribution in [3.05, 3.63) is 28.0 Å². The number of carboxylic acids is 1. The van der Waals surface area contributed by atoms with Crippen molar-refractivity contribution in [2.45, 2.75) is 19.8 Å². The third-order valence-corrected chi connectivity index (χ3v) is 4.22. The van der Waals surface area contributed by atoms with Crippen LogP contribution in [-0.2, 0) is 11.8 Å². The molecule has 0 aliphatic carbocycles. The summed E-state index contributed by atoms with van der Waals surface area (Å²) in [5.41, 5.74) is -0.0533. The molecule has 0 saturated carbocycles. The molecule has 2 aromatic heterocycles. The Labute approximate surface area is 131 Å². The number of aromatic nitrogens is 2. The summed E-state index contributed by atoms with van der Waals surface area (Å²) >= 11 is 0. The molecule has 1 aliphatic heterocycles. The van der Waals surface area contributed by atoms with Crippen molar-refractivity contribution in [2.24, 2.45) is 13.0 Å². The van der Waals surface area contributed by atoms with E-state index in [1.807, 2.05) is 0 Å². The molecule has 2 aromatic rings. The summed E-state index contributed by atoms with van der Waals surface area (Å²) < 4.78 is 6.71. The van der Waals surface area contributed by atoms with Gasteiger partial charge in [0.1, 0.15) is 17.5 Å². The number of amides is 1. The van der Waals surface area contributed by atoms with Gasteiger partial charge < -0.3 is 19.0 Å². The fraction of sp³-hybridized carbons (Fsp3) is 0.467. The van der Waals surface area contributed by atoms with Crippen LogP contribution in [0.15, 0.2) is 15.5 Å². The molecule has 1 atom stereocenters. The molecule has 3 heterocycles. The van der Waals surface area contributed by atoms with Gasteiger partial charge in [0.15, 0.2) is 0 Å². The van der Waals surface area contributed by atoms with E-state index in [4.69, 9.17) is 9.52 Å². The maximum absolute atomic E-state index is 12.8. The second-order valence-electron chi connectivity index (χ2n) is 5.80. The Hall–Kier alpha value is -2.64. The summed E-state index contributed by atoms with van der Waals surface area (Å²) in [5.74, 6) is -1.54. The van der Waals surface area contributed by atoms with Crippen LogP contribution in [0, 0.1) is 12.8 Å². The first kappa shape index (κ1) is 15.3. The number of carbonyl (C=O) groups is 2. The molecule has 8 nitrogen and oxygen atoms in total. The summed E-state index contributed by atoms with van der Waals surface area (Å²) in [5, 5.41) is 9.30. The summed E-state index contributed by atoms with van der Waals surface area (Å²) in [6.45, 7) is 2.21. The lowest BCUT2D eigenvalue weighted by molar-refractivity contribution is -0.143. The molecule has 1 fully saturated rings. The summed E-state index contributed by atoms with van der Waals surface area (Å²) in [6.07, 6.45) is 2.50. The first-order chi connectivity index (χ1) is 10.9. The van der Waals surface area contributed by atoms with E-state index < -0.39 is 11.9 Å². The minimum Gasteiger partial charge on any atom is -0.481 e. The van der Waals surface area contributed by atoms with Crippen LogP contribution in [0.4, 0.5) is 0 Å². The van der Waals surface area contributed by atoms with Crippen LogP contribution in [0.1, 0.15) is 29.0 Å². The van der Waals surface area contributed by atoms with Gasteiger partial charge in [0, 0.05) is 20.1 Å². The average Bonchev–Trinajstić information content (AvgIpc) is 2.87. The predicted molar refractivity (Wildman–Crippen MR) is 80.3 cm³/mol. The molecule has 3 rings (SSSR count). The van der Waals surface area contributed by atoms with Gasteiger partial charge in [-0.25, -0.2) is 4.98 Å². The molecule has 122 valence electrons. The van der Waals surface area contributed by atoms with E-state index in [0.29, 0.717) is 25.1 Å². The van der Waals surface area contributed by atoms with E-state index in [1.165, 1.54) is 15.8 Å². The average molecular weight is 319 g/mol. The zero-order chi connectivity index (χ0) is 16.7. The fourth-order valence-corrected chi connectivity index (χ4v) is 2.97. The van der Waals surface area contributed by atoms with Crippen LogP contribution in [-0.4, -0.2) is 44.5 Å². The molecule has 1 saturated heterocycles. The first-order valence-corrected chi connectivity index (χ1v) is 7.37. The number of rotatable bonds is 2. The number of hydrogen-bond acceptors (Lipinski definition) is 5. The summed E-state index contributed by atoms with van der Waals surface area (Å²) in [7, 11) is 1.55. The highest BCUT2D eigenvalue weighted by molar-refractivity contribution is 6.06. The zero-order valence-electron chi connectivity index (χ0n) is 12.9. The maximum Gasteiger partial charge on any atom is 0.308 e. The van der Waals surface area contributed by atoms with Crippen LogP contribution >= 0.6 is 0 Å². The number of aliphatic carboxylic acids is 1. The van der Waals surface area contributed by atoms with E-state index in [2.05, 4.69) is 4.98 Å². The van der Waals surface area contributed by atoms with Crippen molar-refractivity contribution < 1.29 is 19.1 Å². The van der Waals surface area contributed by atoms with Gasteiger partial charge in [0.05, 0.1) is 11.5 Å². The SMILES string of the molecule is Cc1oc2ncn(C)c(=O)c2c1C(=O)N1CCC[C@H](C(=O)O)C1. The number of carboxylic acid groups (broad SMARTS) is 1. The van der Waals surface area contributed by atoms with Gasteiger partial charge in [-0.15, -0.1) is 0 Å². The van der Waals surface area contributed by atoms with E-state index in [-0.39, 0.29) is 34.7 Å². The fourth-order valence-electron chi connectivity index (χ4n) is 2.97. The Morgan fingerprint density at radius 3 is 2.87 bits per heavy atom. The smallest absolute Gasteiger partial charge is 0.308 e. The number of aryl methyl sites for hydroxylation is 2. The van der Waals surface area contributed by atoms with E-state index in [9.17, 15) is 14.4 Å². The number of nitrogens with zero attached hydrogens (tertiary/aromatic N) is 3. The lowest BCUT2D eigenvalue weighted by Crippen LogP contribution is -2.42. The molecular formula is C15H17N3O5. The highest BCUT2D eigenvalue weighted by Gasteiger charge is 2.32.